The standard InChI is InChI=1S/C7H13NO3/c1-7(2-3-11-10)4-6(9)8-5-7/h10H,2-5H2,1H3,(H,8,9). The van der Waals surface area contributed by atoms with Crippen LogP contribution in [0.2, 0.25) is 0 Å². The molecular formula is C7H13NO3. The van der Waals surface area contributed by atoms with Crippen LogP contribution in [0.5, 0.6) is 0 Å². The first kappa shape index (κ1) is 8.49. The smallest absolute Gasteiger partial charge is 0.220 e. The fraction of sp³-hybridized carbons (Fsp3) is 0.857. The summed E-state index contributed by atoms with van der Waals surface area (Å²) in [4.78, 5) is 14.8. The minimum Gasteiger partial charge on any atom is -0.356 e. The summed E-state index contributed by atoms with van der Waals surface area (Å²) in [6, 6.07) is 0. The number of carbonyl (C=O) groups is 1. The van der Waals surface area contributed by atoms with Crippen molar-refractivity contribution in [2.75, 3.05) is 13.2 Å². The van der Waals surface area contributed by atoms with Crippen molar-refractivity contribution in [3.8, 4) is 0 Å². The normalized spacial score (nSPS) is 30.5. The molecule has 0 aromatic rings. The van der Waals surface area contributed by atoms with Crippen molar-refractivity contribution < 1.29 is 14.9 Å². The van der Waals surface area contributed by atoms with Crippen LogP contribution >= 0.6 is 0 Å². The van der Waals surface area contributed by atoms with Crippen LogP contribution in [0.25, 0.3) is 0 Å². The van der Waals surface area contributed by atoms with E-state index in [1.165, 1.54) is 0 Å². The summed E-state index contributed by atoms with van der Waals surface area (Å²) in [7, 11) is 0. The van der Waals surface area contributed by atoms with Gasteiger partial charge in [0.2, 0.25) is 5.91 Å². The van der Waals surface area contributed by atoms with Crippen molar-refractivity contribution in [2.24, 2.45) is 5.41 Å². The van der Waals surface area contributed by atoms with Gasteiger partial charge in [-0.05, 0) is 11.8 Å². The summed E-state index contributed by atoms with van der Waals surface area (Å²) >= 11 is 0. The third kappa shape index (κ3) is 2.17. The largest absolute Gasteiger partial charge is 0.356 e. The summed E-state index contributed by atoms with van der Waals surface area (Å²) in [5.41, 5.74) is -0.0280. The van der Waals surface area contributed by atoms with E-state index in [1.54, 1.807) is 0 Å². The number of hydrogen-bond donors (Lipinski definition) is 2. The Labute approximate surface area is 65.5 Å². The molecule has 1 rings (SSSR count). The van der Waals surface area contributed by atoms with E-state index in [9.17, 15) is 4.79 Å². The molecular weight excluding hydrogens is 146 g/mol. The van der Waals surface area contributed by atoms with E-state index in [-0.39, 0.29) is 11.3 Å². The fourth-order valence-corrected chi connectivity index (χ4v) is 1.29. The molecule has 0 bridgehead atoms. The topological polar surface area (TPSA) is 58.6 Å². The van der Waals surface area contributed by atoms with E-state index in [2.05, 4.69) is 10.2 Å². The second-order valence-corrected chi connectivity index (χ2v) is 3.35. The zero-order valence-electron chi connectivity index (χ0n) is 6.59. The van der Waals surface area contributed by atoms with Crippen LogP contribution < -0.4 is 5.32 Å². The van der Waals surface area contributed by atoms with E-state index in [0.717, 1.165) is 0 Å². The maximum atomic E-state index is 10.8. The molecule has 0 aromatic carbocycles. The van der Waals surface area contributed by atoms with E-state index in [0.29, 0.717) is 26.0 Å². The first-order valence-corrected chi connectivity index (χ1v) is 3.69. The lowest BCUT2D eigenvalue weighted by atomic mass is 9.86. The molecule has 4 heteroatoms. The molecule has 1 unspecified atom stereocenters. The Hall–Kier alpha value is -0.610. The molecule has 64 valence electrons. The third-order valence-electron chi connectivity index (χ3n) is 2.10. The van der Waals surface area contributed by atoms with Crippen LogP contribution in [0.15, 0.2) is 0 Å². The number of hydrogen-bond acceptors (Lipinski definition) is 3. The Morgan fingerprint density at radius 2 is 2.55 bits per heavy atom. The predicted octanol–water partition coefficient (Wildman–Crippen LogP) is 0.392. The van der Waals surface area contributed by atoms with Gasteiger partial charge >= 0.3 is 0 Å². The molecule has 0 aromatic heterocycles. The van der Waals surface area contributed by atoms with Crippen molar-refractivity contribution in [1.29, 1.82) is 0 Å². The average Bonchev–Trinajstić information content (AvgIpc) is 2.28. The van der Waals surface area contributed by atoms with Gasteiger partial charge in [-0.2, -0.15) is 0 Å². The van der Waals surface area contributed by atoms with E-state index in [4.69, 9.17) is 5.26 Å². The van der Waals surface area contributed by atoms with Crippen molar-refractivity contribution in [3.05, 3.63) is 0 Å². The van der Waals surface area contributed by atoms with Gasteiger partial charge < -0.3 is 5.32 Å². The summed E-state index contributed by atoms with van der Waals surface area (Å²) in [6.45, 7) is 2.99. The molecule has 1 aliphatic heterocycles. The van der Waals surface area contributed by atoms with Gasteiger partial charge in [-0.15, -0.1) is 0 Å². The summed E-state index contributed by atoms with van der Waals surface area (Å²) in [6.07, 6.45) is 1.25. The second kappa shape index (κ2) is 3.19. The van der Waals surface area contributed by atoms with Crippen LogP contribution in [0.4, 0.5) is 0 Å². The molecule has 1 aliphatic rings. The van der Waals surface area contributed by atoms with Crippen LogP contribution in [0.3, 0.4) is 0 Å². The molecule has 1 heterocycles. The highest BCUT2D eigenvalue weighted by Gasteiger charge is 2.33. The highest BCUT2D eigenvalue weighted by atomic mass is 17.1. The maximum absolute atomic E-state index is 10.8. The lowest BCUT2D eigenvalue weighted by Gasteiger charge is -2.19. The molecule has 1 atom stereocenters. The predicted molar refractivity (Wildman–Crippen MR) is 38.9 cm³/mol. The van der Waals surface area contributed by atoms with Gasteiger partial charge in [0.15, 0.2) is 0 Å². The van der Waals surface area contributed by atoms with Gasteiger partial charge in [0, 0.05) is 13.0 Å². The van der Waals surface area contributed by atoms with Gasteiger partial charge in [-0.3, -0.25) is 10.1 Å². The molecule has 2 N–H and O–H groups in total. The molecule has 4 nitrogen and oxygen atoms in total. The lowest BCUT2D eigenvalue weighted by molar-refractivity contribution is -0.246. The highest BCUT2D eigenvalue weighted by Crippen LogP contribution is 2.28. The Balaban J connectivity index is 2.35. The quantitative estimate of drug-likeness (QED) is 0.462. The van der Waals surface area contributed by atoms with Crippen molar-refractivity contribution in [3.63, 3.8) is 0 Å². The van der Waals surface area contributed by atoms with Crippen LogP contribution in [0, 0.1) is 5.41 Å². The Bertz CT molecular complexity index is 160. The minimum absolute atomic E-state index is 0.0280. The van der Waals surface area contributed by atoms with Crippen molar-refractivity contribution in [2.45, 2.75) is 19.8 Å². The molecule has 0 aliphatic carbocycles. The zero-order valence-corrected chi connectivity index (χ0v) is 6.59. The Morgan fingerprint density at radius 3 is 3.00 bits per heavy atom. The van der Waals surface area contributed by atoms with Gasteiger partial charge in [0.25, 0.3) is 0 Å². The Kier molecular flexibility index (Phi) is 2.46. The second-order valence-electron chi connectivity index (χ2n) is 3.35. The zero-order chi connectivity index (χ0) is 8.32. The molecule has 1 fully saturated rings. The SMILES string of the molecule is CC1(CCOO)CNC(=O)C1. The third-order valence-corrected chi connectivity index (χ3v) is 2.10. The number of rotatable bonds is 3. The summed E-state index contributed by atoms with van der Waals surface area (Å²) < 4.78 is 0. The van der Waals surface area contributed by atoms with Gasteiger partial charge in [-0.25, -0.2) is 4.89 Å². The number of amides is 1. The van der Waals surface area contributed by atoms with Gasteiger partial charge in [0.05, 0.1) is 6.61 Å². The summed E-state index contributed by atoms with van der Waals surface area (Å²) in [5.74, 6) is 0.0884. The van der Waals surface area contributed by atoms with Crippen LogP contribution in [-0.4, -0.2) is 24.3 Å². The van der Waals surface area contributed by atoms with E-state index < -0.39 is 0 Å². The highest BCUT2D eigenvalue weighted by molar-refractivity contribution is 5.79. The minimum atomic E-state index is -0.0280. The summed E-state index contributed by atoms with van der Waals surface area (Å²) in [5, 5.41) is 10.8. The molecule has 0 radical (unpaired) electrons. The Morgan fingerprint density at radius 1 is 1.82 bits per heavy atom. The first-order valence-electron chi connectivity index (χ1n) is 3.69. The molecule has 11 heavy (non-hydrogen) atoms. The maximum Gasteiger partial charge on any atom is 0.220 e. The molecule has 0 saturated carbocycles. The van der Waals surface area contributed by atoms with E-state index >= 15 is 0 Å². The lowest BCUT2D eigenvalue weighted by Crippen LogP contribution is -2.21. The fourth-order valence-electron chi connectivity index (χ4n) is 1.29. The van der Waals surface area contributed by atoms with Crippen LogP contribution in [-0.2, 0) is 9.68 Å². The first-order chi connectivity index (χ1) is 5.16. The average molecular weight is 159 g/mol. The molecule has 1 saturated heterocycles. The van der Waals surface area contributed by atoms with E-state index in [1.807, 2.05) is 6.92 Å². The van der Waals surface area contributed by atoms with Crippen LogP contribution in [0.1, 0.15) is 19.8 Å². The molecule has 1 amide bonds. The number of nitrogens with one attached hydrogen (secondary N) is 1. The van der Waals surface area contributed by atoms with Gasteiger partial charge in [-0.1, -0.05) is 6.92 Å². The monoisotopic (exact) mass is 159 g/mol. The van der Waals surface area contributed by atoms with Crippen molar-refractivity contribution in [1.82, 2.24) is 5.32 Å². The number of carbonyl (C=O) groups excluding carboxylic acids is 1. The molecule has 0 spiro atoms. The van der Waals surface area contributed by atoms with Gasteiger partial charge in [0.1, 0.15) is 0 Å². The van der Waals surface area contributed by atoms with Crippen molar-refractivity contribution >= 4 is 5.91 Å².